The van der Waals surface area contributed by atoms with Crippen LogP contribution in [0, 0.1) is 23.7 Å². The molecule has 0 saturated carbocycles. The number of Topliss-reactive ketones (excluding diaryl/α,β-unsaturated/α-hetero) is 1. The molecule has 6 N–H and O–H groups in total. The summed E-state index contributed by atoms with van der Waals surface area (Å²) in [5.74, 6) is -5.17. The maximum atomic E-state index is 14.5. The fourth-order valence-corrected chi connectivity index (χ4v) is 10.2. The number of cyclic esters (lactones) is 1. The molecular weight excluding hydrogens is 836 g/mol. The molecule has 0 aliphatic carbocycles. The number of ketones is 1. The molecule has 0 bridgehead atoms. The maximum Gasteiger partial charge on any atom is 1.00 e. The molecule has 17 nitrogen and oxygen atoms in total. The van der Waals surface area contributed by atoms with Crippen molar-refractivity contribution in [2.24, 2.45) is 23.7 Å². The molecule has 4 saturated heterocycles. The Labute approximate surface area is 413 Å². The first kappa shape index (κ1) is 56.5. The van der Waals surface area contributed by atoms with Gasteiger partial charge in [-0.1, -0.05) is 27.7 Å². The molecule has 0 aromatic carbocycles. The molecular formula is C44H81KN2O15. The fourth-order valence-electron chi connectivity index (χ4n) is 10.2. The quantitative estimate of drug-likeness (QED) is 0.117. The summed E-state index contributed by atoms with van der Waals surface area (Å²) in [7, 11) is 7.41. The van der Waals surface area contributed by atoms with Gasteiger partial charge in [0.25, 0.3) is 0 Å². The van der Waals surface area contributed by atoms with Gasteiger partial charge >= 0.3 is 57.4 Å². The molecule has 0 spiro atoms. The first-order valence-corrected chi connectivity index (χ1v) is 22.3. The van der Waals surface area contributed by atoms with E-state index in [0.717, 1.165) is 0 Å². The minimum Gasteiger partial charge on any atom is -1.00 e. The number of aliphatic hydroxyl groups excluding tert-OH is 4. The maximum absolute atomic E-state index is 14.5. The number of nitrogens with zero attached hydrogens (tertiary/aromatic N) is 2. The Hall–Kier alpha value is 0.216. The second-order valence-corrected chi connectivity index (χ2v) is 19.9. The van der Waals surface area contributed by atoms with Gasteiger partial charge < -0.3 is 75.0 Å². The van der Waals surface area contributed by atoms with Gasteiger partial charge in [0.2, 0.25) is 0 Å². The largest absolute Gasteiger partial charge is 1.00 e. The van der Waals surface area contributed by atoms with Crippen molar-refractivity contribution in [1.29, 1.82) is 0 Å². The van der Waals surface area contributed by atoms with Crippen molar-refractivity contribution in [3.8, 4) is 0 Å². The van der Waals surface area contributed by atoms with Gasteiger partial charge in [0.1, 0.15) is 29.7 Å². The second-order valence-electron chi connectivity index (χ2n) is 19.9. The zero-order valence-corrected chi connectivity index (χ0v) is 43.4. The van der Waals surface area contributed by atoms with Crippen LogP contribution in [0.15, 0.2) is 0 Å². The number of carbonyl (C=O) groups is 2. The molecule has 4 heterocycles. The summed E-state index contributed by atoms with van der Waals surface area (Å²) in [6.07, 6.45) is -13.0. The topological polar surface area (TPSA) is 227 Å². The summed E-state index contributed by atoms with van der Waals surface area (Å²) < 4.78 is 45.7. The summed E-state index contributed by atoms with van der Waals surface area (Å²) in [5.41, 5.74) is -5.21. The molecule has 4 rings (SSSR count). The zero-order valence-electron chi connectivity index (χ0n) is 41.3. The van der Waals surface area contributed by atoms with Crippen LogP contribution in [0.3, 0.4) is 0 Å². The molecule has 0 amide bonds. The van der Waals surface area contributed by atoms with E-state index in [4.69, 9.17) is 33.2 Å². The van der Waals surface area contributed by atoms with Gasteiger partial charge in [0.05, 0.1) is 59.8 Å². The van der Waals surface area contributed by atoms with Gasteiger partial charge in [0.15, 0.2) is 18.9 Å². The van der Waals surface area contributed by atoms with Crippen LogP contribution in [0.4, 0.5) is 0 Å². The third-order valence-corrected chi connectivity index (χ3v) is 14.1. The summed E-state index contributed by atoms with van der Waals surface area (Å²) in [6, 6.07) is -0.742. The van der Waals surface area contributed by atoms with E-state index in [0.29, 0.717) is 6.42 Å². The Kier molecular flexibility index (Phi) is 20.6. The molecule has 0 radical (unpaired) electrons. The smallest absolute Gasteiger partial charge is 1.00 e. The number of hydrogen-bond donors (Lipinski definition) is 6. The number of rotatable bonds is 9. The van der Waals surface area contributed by atoms with E-state index >= 15 is 0 Å². The molecule has 0 aromatic rings. The molecule has 358 valence electrons. The zero-order chi connectivity index (χ0) is 46.3. The monoisotopic (exact) mass is 917 g/mol. The van der Waals surface area contributed by atoms with E-state index in [1.807, 2.05) is 44.9 Å². The predicted octanol–water partition coefficient (Wildman–Crippen LogP) is -1.30. The predicted molar refractivity (Wildman–Crippen MR) is 224 cm³/mol. The van der Waals surface area contributed by atoms with E-state index in [9.17, 15) is 40.2 Å². The third-order valence-electron chi connectivity index (χ3n) is 14.1. The van der Waals surface area contributed by atoms with E-state index in [-0.39, 0.29) is 96.7 Å². The summed E-state index contributed by atoms with van der Waals surface area (Å²) >= 11 is 0. The standard InChI is InChI=1S/C44H80N2O15.K.H/c1-16-30-44(11,54)37(50)23(4)33(47)21(2)19-43(10,61-31-18-29(46(14)15)34(48)26(7)56-31)39(60-41-35(49)28(45(12)13)17-22(3)55-41)24(5)36(25(6)40(52)58-30)59-32-20-42(9,53)38(51)27(8)57-32;;/h21-32,34-39,41,48-51,53-54H,16-20H2,1-15H3;;/q;+1;-1/t21-,22-,23+,24+,25-,26+,27+,28+,29-,30-,31+,32+,34+,35-,36+,37-,38+,39-,41+,42-,43-,44-;;/m1../s1. The van der Waals surface area contributed by atoms with Crippen LogP contribution in [0.1, 0.15) is 110 Å². The molecule has 0 aromatic heterocycles. The number of aliphatic hydroxyl groups is 6. The van der Waals surface area contributed by atoms with E-state index < -0.39 is 126 Å². The molecule has 18 heteroatoms. The van der Waals surface area contributed by atoms with Crippen LogP contribution in [0.5, 0.6) is 0 Å². The van der Waals surface area contributed by atoms with Crippen molar-refractivity contribution < 1.29 is 126 Å². The van der Waals surface area contributed by atoms with Crippen molar-refractivity contribution in [1.82, 2.24) is 9.80 Å². The van der Waals surface area contributed by atoms with Gasteiger partial charge in [-0.25, -0.2) is 0 Å². The van der Waals surface area contributed by atoms with Crippen molar-refractivity contribution in [3.63, 3.8) is 0 Å². The molecule has 0 unspecified atom stereocenters. The van der Waals surface area contributed by atoms with E-state index in [2.05, 4.69) is 0 Å². The Morgan fingerprint density at radius 3 is 1.85 bits per heavy atom. The molecule has 4 aliphatic rings. The second kappa shape index (κ2) is 22.5. The summed E-state index contributed by atoms with van der Waals surface area (Å²) in [5, 5.41) is 68.6. The van der Waals surface area contributed by atoms with Crippen LogP contribution < -0.4 is 51.4 Å². The van der Waals surface area contributed by atoms with Crippen LogP contribution in [0.25, 0.3) is 0 Å². The summed E-state index contributed by atoms with van der Waals surface area (Å²) in [4.78, 5) is 32.7. The van der Waals surface area contributed by atoms with E-state index in [1.54, 1.807) is 48.5 Å². The third kappa shape index (κ3) is 12.6. The SMILES string of the molecule is CC[C@H]1OC(=O)[C@H](C)[C@@H](O[C@H]2C[C@@](C)(O)[C@@H](O)[C@H](C)O2)[C@H](C)[C@@H](O[C@@H]2O[C@H](C)C[C@H](N(C)C)[C@H]2O)[C@](C)(O[C@H]2C[C@@H](N(C)C)[C@@H](O)[C@H](C)O2)C[C@@H](C)C(=O)[C@H](C)[C@@H](O)[C@]1(C)O.[H-].[K+]. The van der Waals surface area contributed by atoms with Crippen molar-refractivity contribution in [2.45, 2.75) is 217 Å². The van der Waals surface area contributed by atoms with Crippen molar-refractivity contribution in [2.75, 3.05) is 28.2 Å². The Balaban J connectivity index is 0.00000683. The summed E-state index contributed by atoms with van der Waals surface area (Å²) in [6.45, 7) is 18.1. The molecule has 4 aliphatic heterocycles. The number of carbonyl (C=O) groups excluding carboxylic acids is 2. The number of esters is 1. The van der Waals surface area contributed by atoms with Crippen LogP contribution in [-0.2, 0) is 42.7 Å². The number of ether oxygens (including phenoxy) is 7. The Bertz CT molecular complexity index is 1470. The minimum atomic E-state index is -2.05. The van der Waals surface area contributed by atoms with Crippen LogP contribution in [-0.4, -0.2) is 189 Å². The minimum absolute atomic E-state index is 0. The van der Waals surface area contributed by atoms with Gasteiger partial charge in [-0.15, -0.1) is 0 Å². The van der Waals surface area contributed by atoms with Gasteiger partial charge in [0, 0.05) is 42.7 Å². The van der Waals surface area contributed by atoms with Gasteiger partial charge in [-0.05, 0) is 95.9 Å². The van der Waals surface area contributed by atoms with E-state index in [1.165, 1.54) is 20.8 Å². The Morgan fingerprint density at radius 2 is 1.31 bits per heavy atom. The van der Waals surface area contributed by atoms with Crippen LogP contribution >= 0.6 is 0 Å². The number of hydrogen-bond acceptors (Lipinski definition) is 17. The van der Waals surface area contributed by atoms with Crippen LogP contribution in [0.2, 0.25) is 0 Å². The number of likely N-dealkylation sites (N-methyl/N-ethyl adjacent to an activating group) is 2. The average Bonchev–Trinajstić information content (AvgIpc) is 3.16. The molecule has 62 heavy (non-hydrogen) atoms. The van der Waals surface area contributed by atoms with Crippen molar-refractivity contribution in [3.05, 3.63) is 0 Å². The van der Waals surface area contributed by atoms with Crippen molar-refractivity contribution >= 4 is 11.8 Å². The molecule has 4 fully saturated rings. The average molecular weight is 917 g/mol. The van der Waals surface area contributed by atoms with Gasteiger partial charge in [-0.3, -0.25) is 9.59 Å². The van der Waals surface area contributed by atoms with Gasteiger partial charge in [-0.2, -0.15) is 0 Å². The fraction of sp³-hybridized carbons (Fsp3) is 0.955. The first-order valence-electron chi connectivity index (χ1n) is 22.3. The first-order chi connectivity index (χ1) is 28.1. The Morgan fingerprint density at radius 1 is 0.742 bits per heavy atom. The molecule has 22 atom stereocenters. The normalized spacial score (nSPS) is 49.2.